The maximum Gasteiger partial charge on any atom is 0.296 e. The molecule has 0 saturated carbocycles. The Bertz CT molecular complexity index is 829. The maximum atomic E-state index is 12.5. The Morgan fingerprint density at radius 1 is 1.09 bits per heavy atom. The van der Waals surface area contributed by atoms with Crippen LogP contribution in [-0.2, 0) is 9.59 Å². The summed E-state index contributed by atoms with van der Waals surface area (Å²) in [5, 5.41) is 9.85. The first kappa shape index (κ1) is 15.6. The van der Waals surface area contributed by atoms with Crippen LogP contribution in [0.2, 0.25) is 0 Å². The second-order valence-corrected chi connectivity index (χ2v) is 6.29. The topological polar surface area (TPSA) is 73.9 Å². The zero-order chi connectivity index (χ0) is 16.4. The van der Waals surface area contributed by atoms with Gasteiger partial charge in [-0.25, -0.2) is 0 Å². The molecule has 1 saturated heterocycles. The summed E-state index contributed by atoms with van der Waals surface area (Å²) in [6.45, 7) is 0. The normalized spacial score (nSPS) is 20.8. The molecule has 1 aromatic carbocycles. The fourth-order valence-electron chi connectivity index (χ4n) is 2.80. The summed E-state index contributed by atoms with van der Waals surface area (Å²) in [6, 6.07) is 12.4. The van der Waals surface area contributed by atoms with E-state index in [2.05, 4.69) is 33.8 Å². The van der Waals surface area contributed by atoms with Gasteiger partial charge in [-0.1, -0.05) is 24.3 Å². The first-order chi connectivity index (χ1) is 11.1. The molecule has 3 rings (SSSR count). The molecule has 5 nitrogen and oxygen atoms in total. The van der Waals surface area contributed by atoms with Crippen LogP contribution >= 0.6 is 22.6 Å². The van der Waals surface area contributed by atoms with Crippen LogP contribution in [0.4, 0.5) is 0 Å². The van der Waals surface area contributed by atoms with E-state index in [1.165, 1.54) is 0 Å². The SMILES string of the molecule is N=C=C1C(=O)NC(=O)C([n+]2ccccc2)[C@H]1c1ccccc1I. The van der Waals surface area contributed by atoms with Crippen molar-refractivity contribution in [2.45, 2.75) is 12.0 Å². The highest BCUT2D eigenvalue weighted by Crippen LogP contribution is 2.36. The van der Waals surface area contributed by atoms with Crippen LogP contribution in [0.5, 0.6) is 0 Å². The average Bonchev–Trinajstić information content (AvgIpc) is 2.55. The van der Waals surface area contributed by atoms with Crippen LogP contribution in [-0.4, -0.2) is 17.7 Å². The second-order valence-electron chi connectivity index (χ2n) is 5.12. The lowest BCUT2D eigenvalue weighted by Gasteiger charge is -2.28. The zero-order valence-corrected chi connectivity index (χ0v) is 14.2. The highest BCUT2D eigenvalue weighted by atomic mass is 127. The van der Waals surface area contributed by atoms with Crippen LogP contribution in [0.25, 0.3) is 0 Å². The largest absolute Gasteiger partial charge is 0.296 e. The standard InChI is InChI=1S/C17H12IN3O2/c18-13-7-3-2-6-11(13)14-12(10-19)16(22)20-17(23)15(14)21-8-4-1-5-9-21/h1-9,14-15,19H/p+1/t14-,15?/m0/s1. The Morgan fingerprint density at radius 2 is 1.78 bits per heavy atom. The zero-order valence-electron chi connectivity index (χ0n) is 12.0. The Hall–Kier alpha value is -2.31. The smallest absolute Gasteiger partial charge is 0.286 e. The summed E-state index contributed by atoms with van der Waals surface area (Å²) < 4.78 is 2.69. The molecule has 2 amide bonds. The molecule has 0 radical (unpaired) electrons. The summed E-state index contributed by atoms with van der Waals surface area (Å²) in [7, 11) is 0. The van der Waals surface area contributed by atoms with E-state index in [0.29, 0.717) is 0 Å². The molecule has 1 fully saturated rings. The van der Waals surface area contributed by atoms with E-state index in [0.717, 1.165) is 9.13 Å². The Kier molecular flexibility index (Phi) is 4.36. The van der Waals surface area contributed by atoms with Crippen molar-refractivity contribution in [3.05, 3.63) is 69.6 Å². The molecular weight excluding hydrogens is 405 g/mol. The summed E-state index contributed by atoms with van der Waals surface area (Å²) in [5.74, 6) is 0.755. The minimum Gasteiger partial charge on any atom is -0.286 e. The van der Waals surface area contributed by atoms with Crippen molar-refractivity contribution in [2.24, 2.45) is 0 Å². The fraction of sp³-hybridized carbons (Fsp3) is 0.118. The van der Waals surface area contributed by atoms with Gasteiger partial charge in [0.2, 0.25) is 6.04 Å². The number of carbonyl (C=O) groups excluding carboxylic acids is 2. The Morgan fingerprint density at radius 3 is 2.43 bits per heavy atom. The second kappa shape index (κ2) is 6.44. The van der Waals surface area contributed by atoms with E-state index >= 15 is 0 Å². The number of amides is 2. The Labute approximate surface area is 146 Å². The third-order valence-electron chi connectivity index (χ3n) is 3.81. The molecule has 1 aliphatic heterocycles. The summed E-state index contributed by atoms with van der Waals surface area (Å²) in [4.78, 5) is 24.6. The number of hydrogen-bond acceptors (Lipinski definition) is 3. The first-order valence-corrected chi connectivity index (χ1v) is 8.06. The molecular formula is C17H13IN3O2+. The predicted molar refractivity (Wildman–Crippen MR) is 92.0 cm³/mol. The maximum absolute atomic E-state index is 12.5. The third kappa shape index (κ3) is 2.83. The number of imide groups is 1. The minimum absolute atomic E-state index is 0.162. The van der Waals surface area contributed by atoms with Gasteiger partial charge in [-0.15, -0.1) is 0 Å². The lowest BCUT2D eigenvalue weighted by atomic mass is 9.81. The van der Waals surface area contributed by atoms with Crippen molar-refractivity contribution in [3.63, 3.8) is 0 Å². The van der Waals surface area contributed by atoms with Crippen molar-refractivity contribution in [2.75, 3.05) is 0 Å². The van der Waals surface area contributed by atoms with Gasteiger partial charge in [0.05, 0.1) is 11.5 Å². The van der Waals surface area contributed by atoms with Gasteiger partial charge in [-0.2, -0.15) is 4.57 Å². The molecule has 1 aromatic heterocycles. The number of nitrogens with one attached hydrogen (secondary N) is 2. The lowest BCUT2D eigenvalue weighted by Crippen LogP contribution is -2.57. The summed E-state index contributed by atoms with van der Waals surface area (Å²) >= 11 is 2.18. The number of pyridine rings is 1. The fourth-order valence-corrected chi connectivity index (χ4v) is 3.52. The highest BCUT2D eigenvalue weighted by Gasteiger charge is 2.47. The van der Waals surface area contributed by atoms with E-state index in [9.17, 15) is 9.59 Å². The van der Waals surface area contributed by atoms with Crippen LogP contribution in [0.1, 0.15) is 17.5 Å². The van der Waals surface area contributed by atoms with Gasteiger partial charge in [-0.05, 0) is 40.1 Å². The summed E-state index contributed by atoms with van der Waals surface area (Å²) in [5.41, 5.74) is 1.00. The van der Waals surface area contributed by atoms with E-state index < -0.39 is 17.9 Å². The molecule has 114 valence electrons. The van der Waals surface area contributed by atoms with Crippen LogP contribution in [0.15, 0.2) is 60.4 Å². The number of hydrogen-bond donors (Lipinski definition) is 2. The molecule has 1 aliphatic rings. The summed E-state index contributed by atoms with van der Waals surface area (Å²) in [6.07, 6.45) is 3.56. The molecule has 2 aromatic rings. The van der Waals surface area contributed by atoms with E-state index in [-0.39, 0.29) is 11.5 Å². The molecule has 0 bridgehead atoms. The molecule has 0 aliphatic carbocycles. The molecule has 0 spiro atoms. The van der Waals surface area contributed by atoms with E-state index in [4.69, 9.17) is 5.41 Å². The van der Waals surface area contributed by atoms with Gasteiger partial charge in [-0.3, -0.25) is 20.3 Å². The molecule has 2 heterocycles. The van der Waals surface area contributed by atoms with Gasteiger partial charge in [0.15, 0.2) is 12.4 Å². The molecule has 6 heteroatoms. The number of nitrogens with zero attached hydrogens (tertiary/aromatic N) is 1. The van der Waals surface area contributed by atoms with Gasteiger partial charge in [0.1, 0.15) is 0 Å². The number of aromatic nitrogens is 1. The average molecular weight is 418 g/mol. The number of piperidine rings is 1. The predicted octanol–water partition coefficient (Wildman–Crippen LogP) is 1.73. The molecule has 23 heavy (non-hydrogen) atoms. The van der Waals surface area contributed by atoms with E-state index in [1.807, 2.05) is 42.5 Å². The molecule has 2 N–H and O–H groups in total. The first-order valence-electron chi connectivity index (χ1n) is 6.98. The van der Waals surface area contributed by atoms with Crippen molar-refractivity contribution in [1.29, 1.82) is 5.41 Å². The van der Waals surface area contributed by atoms with E-state index in [1.54, 1.807) is 17.0 Å². The van der Waals surface area contributed by atoms with Gasteiger partial charge < -0.3 is 0 Å². The van der Waals surface area contributed by atoms with Crippen LogP contribution < -0.4 is 9.88 Å². The number of carbonyl (C=O) groups is 2. The monoisotopic (exact) mass is 418 g/mol. The van der Waals surface area contributed by atoms with Gasteiger partial charge >= 0.3 is 0 Å². The van der Waals surface area contributed by atoms with Gasteiger partial charge in [0.25, 0.3) is 11.8 Å². The number of rotatable bonds is 2. The van der Waals surface area contributed by atoms with Crippen LogP contribution in [0, 0.1) is 8.98 Å². The third-order valence-corrected chi connectivity index (χ3v) is 4.79. The van der Waals surface area contributed by atoms with Gasteiger partial charge in [0, 0.05) is 15.7 Å². The van der Waals surface area contributed by atoms with Crippen molar-refractivity contribution in [1.82, 2.24) is 5.32 Å². The molecule has 2 atom stereocenters. The quantitative estimate of drug-likeness (QED) is 0.256. The van der Waals surface area contributed by atoms with Crippen molar-refractivity contribution in [3.8, 4) is 0 Å². The van der Waals surface area contributed by atoms with Crippen LogP contribution in [0.3, 0.4) is 0 Å². The Balaban J connectivity index is 2.22. The van der Waals surface area contributed by atoms with Crippen molar-refractivity contribution < 1.29 is 14.2 Å². The minimum atomic E-state index is -0.641. The molecule has 1 unspecified atom stereocenters. The lowest BCUT2D eigenvalue weighted by molar-refractivity contribution is -0.711. The number of benzene rings is 1. The van der Waals surface area contributed by atoms with Crippen molar-refractivity contribution >= 4 is 40.3 Å². The highest BCUT2D eigenvalue weighted by molar-refractivity contribution is 14.1. The number of halogens is 1.